The van der Waals surface area contributed by atoms with E-state index in [0.717, 1.165) is 31.3 Å². The molecule has 8 heteroatoms. The first-order valence-electron chi connectivity index (χ1n) is 9.40. The van der Waals surface area contributed by atoms with Crippen LogP contribution in [0.2, 0.25) is 0 Å². The number of aromatic nitrogens is 3. The fourth-order valence-electron chi connectivity index (χ4n) is 4.32. The molecule has 2 aromatic rings. The third-order valence-electron chi connectivity index (χ3n) is 5.79. The molecule has 27 heavy (non-hydrogen) atoms. The van der Waals surface area contributed by atoms with Crippen molar-refractivity contribution in [3.63, 3.8) is 0 Å². The number of aromatic amines is 1. The fourth-order valence-corrected chi connectivity index (χ4v) is 5.31. The van der Waals surface area contributed by atoms with Gasteiger partial charge in [0, 0.05) is 50.0 Å². The van der Waals surface area contributed by atoms with Crippen molar-refractivity contribution >= 4 is 10.0 Å². The third-order valence-corrected chi connectivity index (χ3v) is 6.98. The molecule has 1 unspecified atom stereocenters. The molecule has 4 rings (SSSR count). The predicted octanol–water partition coefficient (Wildman–Crippen LogP) is 1.79. The van der Waals surface area contributed by atoms with Crippen LogP contribution >= 0.6 is 0 Å². The summed E-state index contributed by atoms with van der Waals surface area (Å²) < 4.78 is 25.5. The van der Waals surface area contributed by atoms with Crippen molar-refractivity contribution in [1.82, 2.24) is 24.4 Å². The van der Waals surface area contributed by atoms with E-state index < -0.39 is 10.0 Å². The monoisotopic (exact) mass is 389 g/mol. The minimum absolute atomic E-state index is 0.0916. The molecule has 2 aliphatic heterocycles. The van der Waals surface area contributed by atoms with E-state index in [9.17, 15) is 8.42 Å². The summed E-state index contributed by atoms with van der Waals surface area (Å²) in [4.78, 5) is 7.15. The molecule has 2 fully saturated rings. The number of benzene rings is 1. The number of hydrogen-bond acceptors (Lipinski definition) is 5. The molecule has 146 valence electrons. The maximum absolute atomic E-state index is 11.9. The molecule has 3 heterocycles. The molecule has 0 bridgehead atoms. The van der Waals surface area contributed by atoms with Gasteiger partial charge in [0.25, 0.3) is 0 Å². The van der Waals surface area contributed by atoms with Crippen LogP contribution in [-0.4, -0.2) is 65.2 Å². The van der Waals surface area contributed by atoms with Crippen molar-refractivity contribution in [2.24, 2.45) is 5.41 Å². The number of nitrogens with one attached hydrogen (secondary N) is 1. The summed E-state index contributed by atoms with van der Waals surface area (Å²) in [6.07, 6.45) is 1.29. The van der Waals surface area contributed by atoms with Gasteiger partial charge in [-0.15, -0.1) is 0 Å². The maximum atomic E-state index is 11.9. The van der Waals surface area contributed by atoms with Crippen molar-refractivity contribution in [1.29, 1.82) is 0 Å². The first-order chi connectivity index (χ1) is 12.8. The Kier molecular flexibility index (Phi) is 4.60. The van der Waals surface area contributed by atoms with Crippen LogP contribution < -0.4 is 0 Å². The van der Waals surface area contributed by atoms with Gasteiger partial charge in [0.05, 0.1) is 6.26 Å². The van der Waals surface area contributed by atoms with E-state index >= 15 is 0 Å². The van der Waals surface area contributed by atoms with E-state index in [1.807, 2.05) is 6.07 Å². The minimum atomic E-state index is -3.15. The topological polar surface area (TPSA) is 82.2 Å². The fraction of sp³-hybridized carbons (Fsp3) is 0.579. The lowest BCUT2D eigenvalue weighted by Crippen LogP contribution is -2.61. The normalized spacial score (nSPS) is 23.2. The lowest BCUT2D eigenvalue weighted by molar-refractivity contribution is 0.0613. The van der Waals surface area contributed by atoms with E-state index in [1.54, 1.807) is 4.31 Å². The van der Waals surface area contributed by atoms with Crippen LogP contribution in [0.15, 0.2) is 30.3 Å². The summed E-state index contributed by atoms with van der Waals surface area (Å²) in [6.45, 7) is 7.86. The van der Waals surface area contributed by atoms with Crippen LogP contribution in [0.1, 0.15) is 42.9 Å². The van der Waals surface area contributed by atoms with Gasteiger partial charge in [0.15, 0.2) is 5.82 Å². The Morgan fingerprint density at radius 3 is 2.52 bits per heavy atom. The van der Waals surface area contributed by atoms with Crippen LogP contribution in [0.4, 0.5) is 0 Å². The predicted molar refractivity (Wildman–Crippen MR) is 104 cm³/mol. The largest absolute Gasteiger partial charge is 0.298 e. The number of likely N-dealkylation sites (tertiary alicyclic amines) is 1. The zero-order valence-electron chi connectivity index (χ0n) is 16.1. The quantitative estimate of drug-likeness (QED) is 0.843. The number of rotatable bonds is 5. The van der Waals surface area contributed by atoms with Crippen molar-refractivity contribution in [3.8, 4) is 0 Å². The molecule has 1 spiro atoms. The zero-order valence-corrected chi connectivity index (χ0v) is 16.9. The highest BCUT2D eigenvalue weighted by atomic mass is 32.2. The van der Waals surface area contributed by atoms with Crippen molar-refractivity contribution in [2.75, 3.05) is 32.4 Å². The average Bonchev–Trinajstić information content (AvgIpc) is 3.18. The van der Waals surface area contributed by atoms with Crippen LogP contribution in [0.5, 0.6) is 0 Å². The molecule has 1 aromatic heterocycles. The van der Waals surface area contributed by atoms with Gasteiger partial charge in [-0.3, -0.25) is 10.00 Å². The Hall–Kier alpha value is -1.77. The van der Waals surface area contributed by atoms with Gasteiger partial charge in [-0.2, -0.15) is 5.10 Å². The zero-order chi connectivity index (χ0) is 19.2. The lowest BCUT2D eigenvalue weighted by atomic mass is 9.72. The maximum Gasteiger partial charge on any atom is 0.211 e. The molecule has 2 saturated heterocycles. The van der Waals surface area contributed by atoms with E-state index in [0.29, 0.717) is 13.1 Å². The Labute approximate surface area is 160 Å². The van der Waals surface area contributed by atoms with Gasteiger partial charge in [-0.1, -0.05) is 44.2 Å². The second kappa shape index (κ2) is 6.68. The molecule has 1 aromatic carbocycles. The lowest BCUT2D eigenvalue weighted by Gasteiger charge is -2.49. The molecule has 7 nitrogen and oxygen atoms in total. The van der Waals surface area contributed by atoms with Crippen LogP contribution in [0, 0.1) is 5.41 Å². The van der Waals surface area contributed by atoms with E-state index in [2.05, 4.69) is 53.2 Å². The Morgan fingerprint density at radius 2 is 1.93 bits per heavy atom. The second-order valence-corrected chi connectivity index (χ2v) is 10.3. The smallest absolute Gasteiger partial charge is 0.211 e. The summed E-state index contributed by atoms with van der Waals surface area (Å²) in [5.41, 5.74) is 1.18. The molecule has 1 N–H and O–H groups in total. The summed E-state index contributed by atoms with van der Waals surface area (Å²) >= 11 is 0. The Bertz CT molecular complexity index is 903. The Morgan fingerprint density at radius 1 is 1.22 bits per heavy atom. The summed E-state index contributed by atoms with van der Waals surface area (Å²) in [7, 11) is -3.15. The van der Waals surface area contributed by atoms with Gasteiger partial charge in [-0.05, 0) is 5.56 Å². The molecule has 0 amide bonds. The number of H-pyrrole nitrogens is 1. The highest BCUT2D eigenvalue weighted by Gasteiger charge is 2.57. The summed E-state index contributed by atoms with van der Waals surface area (Å²) in [5.74, 6) is 2.14. The van der Waals surface area contributed by atoms with Crippen molar-refractivity contribution in [2.45, 2.75) is 32.2 Å². The Balaban J connectivity index is 1.58. The number of hydrogen-bond donors (Lipinski definition) is 1. The average molecular weight is 390 g/mol. The number of sulfonamides is 1. The molecule has 2 aliphatic rings. The molecular formula is C19H27N5O2S. The summed E-state index contributed by atoms with van der Waals surface area (Å²) in [5, 5.41) is 7.51. The van der Waals surface area contributed by atoms with E-state index in [4.69, 9.17) is 4.98 Å². The highest BCUT2D eigenvalue weighted by molar-refractivity contribution is 7.88. The molecule has 0 aliphatic carbocycles. The highest BCUT2D eigenvalue weighted by Crippen LogP contribution is 2.49. The number of nitrogens with zero attached hydrogens (tertiary/aromatic N) is 4. The van der Waals surface area contributed by atoms with Gasteiger partial charge in [0.1, 0.15) is 5.82 Å². The standard InChI is InChI=1S/C19H27N5O2S/c1-14(2)17-20-18(22-21-17)16-10-23(9-15-7-5-4-6-8-15)11-19(16)12-24(13-19)27(3,25)26/h4-8,14,16H,9-13H2,1-3H3,(H,20,21,22). The minimum Gasteiger partial charge on any atom is -0.298 e. The van der Waals surface area contributed by atoms with E-state index in [1.165, 1.54) is 11.8 Å². The third kappa shape index (κ3) is 3.53. The van der Waals surface area contributed by atoms with Gasteiger partial charge in [0.2, 0.25) is 10.0 Å². The van der Waals surface area contributed by atoms with Crippen LogP contribution in [-0.2, 0) is 16.6 Å². The molecule has 1 atom stereocenters. The van der Waals surface area contributed by atoms with Crippen LogP contribution in [0.3, 0.4) is 0 Å². The van der Waals surface area contributed by atoms with Gasteiger partial charge >= 0.3 is 0 Å². The SMILES string of the molecule is CC(C)c1n[nH]c(C2CN(Cc3ccccc3)CC23CN(S(C)(=O)=O)C3)n1. The first kappa shape index (κ1) is 18.6. The summed E-state index contributed by atoms with van der Waals surface area (Å²) in [6, 6.07) is 10.4. The van der Waals surface area contributed by atoms with Crippen molar-refractivity contribution < 1.29 is 8.42 Å². The molecule has 0 saturated carbocycles. The van der Waals surface area contributed by atoms with E-state index in [-0.39, 0.29) is 17.3 Å². The molecule has 0 radical (unpaired) electrons. The molecular weight excluding hydrogens is 362 g/mol. The van der Waals surface area contributed by atoms with Gasteiger partial charge in [-0.25, -0.2) is 17.7 Å². The first-order valence-corrected chi connectivity index (χ1v) is 11.3. The van der Waals surface area contributed by atoms with Gasteiger partial charge < -0.3 is 0 Å². The van der Waals surface area contributed by atoms with Crippen molar-refractivity contribution in [3.05, 3.63) is 47.5 Å². The van der Waals surface area contributed by atoms with Crippen LogP contribution in [0.25, 0.3) is 0 Å². The second-order valence-electron chi connectivity index (χ2n) is 8.33.